The molecule has 0 spiro atoms. The fraction of sp³-hybridized carbons (Fsp3) is 0.250. The van der Waals surface area contributed by atoms with Crippen LogP contribution in [0.4, 0.5) is 34.1 Å². The molecule has 3 aliphatic heterocycles. The van der Waals surface area contributed by atoms with E-state index in [9.17, 15) is 0 Å². The number of nitrogens with one attached hydrogen (secondary N) is 6. The molecule has 0 aliphatic carbocycles. The molecule has 7 rings (SSSR count). The van der Waals surface area contributed by atoms with Crippen molar-refractivity contribution in [3.63, 3.8) is 0 Å². The summed E-state index contributed by atoms with van der Waals surface area (Å²) in [6.07, 6.45) is 0. The van der Waals surface area contributed by atoms with Gasteiger partial charge >= 0.3 is 0 Å². The average Bonchev–Trinajstić information content (AvgIpc) is 2.81. The molecule has 4 aromatic rings. The molecule has 0 saturated heterocycles. The van der Waals surface area contributed by atoms with Crippen LogP contribution < -0.4 is 31.9 Å². The van der Waals surface area contributed by atoms with E-state index in [1.54, 1.807) is 0 Å². The highest BCUT2D eigenvalue weighted by Crippen LogP contribution is 2.45. The summed E-state index contributed by atoms with van der Waals surface area (Å²) in [5.74, 6) is 0. The third kappa shape index (κ3) is 2.24. The normalized spacial score (nSPS) is 16.8. The van der Waals surface area contributed by atoms with Crippen LogP contribution in [-0.4, -0.2) is 39.3 Å². The second-order valence-corrected chi connectivity index (χ2v) is 8.39. The first-order valence-corrected chi connectivity index (χ1v) is 10.8. The van der Waals surface area contributed by atoms with E-state index in [1.807, 2.05) is 0 Å². The SMILES string of the molecule is c1c2c(cc3c1c1cc4c(cc1c1cc5c(cc31)NCCN5)NCCN4)NCCN2. The van der Waals surface area contributed by atoms with Gasteiger partial charge in [-0.1, -0.05) is 0 Å². The Bertz CT molecular complexity index is 1060. The van der Waals surface area contributed by atoms with Gasteiger partial charge in [-0.25, -0.2) is 0 Å². The molecule has 30 heavy (non-hydrogen) atoms. The minimum atomic E-state index is 0.952. The number of rotatable bonds is 0. The van der Waals surface area contributed by atoms with Crippen LogP contribution in [0.5, 0.6) is 0 Å². The minimum absolute atomic E-state index is 0.952. The zero-order valence-corrected chi connectivity index (χ0v) is 16.7. The lowest BCUT2D eigenvalue weighted by Crippen LogP contribution is -2.21. The Morgan fingerprint density at radius 2 is 0.467 bits per heavy atom. The lowest BCUT2D eigenvalue weighted by molar-refractivity contribution is 1.05. The van der Waals surface area contributed by atoms with Crippen molar-refractivity contribution in [2.45, 2.75) is 0 Å². The fourth-order valence-corrected chi connectivity index (χ4v) is 5.20. The van der Waals surface area contributed by atoms with E-state index in [0.29, 0.717) is 0 Å². The number of hydrogen-bond donors (Lipinski definition) is 6. The summed E-state index contributed by atoms with van der Waals surface area (Å²) in [6.45, 7) is 5.71. The molecule has 0 radical (unpaired) electrons. The van der Waals surface area contributed by atoms with Crippen LogP contribution in [0.3, 0.4) is 0 Å². The van der Waals surface area contributed by atoms with Gasteiger partial charge in [-0.15, -0.1) is 0 Å². The second-order valence-electron chi connectivity index (χ2n) is 8.39. The largest absolute Gasteiger partial charge is 0.382 e. The lowest BCUT2D eigenvalue weighted by atomic mass is 9.91. The molecule has 0 atom stereocenters. The standard InChI is InChI=1S/C24H24N6/c1-2-26-20-8-14-13(7-19(20)25-1)15-9-21-23(29-4-3-27-21)11-17(15)18-12-24-22(10-16(14)18)28-5-6-30-24/h7-12,25-30H,1-6H2. The van der Waals surface area contributed by atoms with Crippen molar-refractivity contribution in [3.8, 4) is 0 Å². The molecule has 150 valence electrons. The monoisotopic (exact) mass is 396 g/mol. The molecular formula is C24H24N6. The first kappa shape index (κ1) is 16.3. The smallest absolute Gasteiger partial charge is 0.0583 e. The average molecular weight is 396 g/mol. The Kier molecular flexibility index (Phi) is 3.25. The topological polar surface area (TPSA) is 72.2 Å². The Morgan fingerprint density at radius 3 is 0.633 bits per heavy atom. The Labute approximate surface area is 174 Å². The van der Waals surface area contributed by atoms with E-state index in [-0.39, 0.29) is 0 Å². The highest BCUT2D eigenvalue weighted by Gasteiger charge is 2.19. The molecule has 0 aromatic heterocycles. The molecule has 0 bridgehead atoms. The van der Waals surface area contributed by atoms with Gasteiger partial charge in [0.1, 0.15) is 0 Å². The second kappa shape index (κ2) is 5.98. The number of benzene rings is 4. The highest BCUT2D eigenvalue weighted by molar-refractivity contribution is 6.28. The van der Waals surface area contributed by atoms with Gasteiger partial charge in [-0.3, -0.25) is 0 Å². The van der Waals surface area contributed by atoms with Gasteiger partial charge in [-0.05, 0) is 68.7 Å². The van der Waals surface area contributed by atoms with Crippen molar-refractivity contribution in [1.82, 2.24) is 0 Å². The molecule has 3 heterocycles. The lowest BCUT2D eigenvalue weighted by Gasteiger charge is -2.25. The van der Waals surface area contributed by atoms with Gasteiger partial charge < -0.3 is 31.9 Å². The maximum atomic E-state index is 3.57. The number of anilines is 6. The molecule has 0 saturated carbocycles. The summed E-state index contributed by atoms with van der Waals surface area (Å²) >= 11 is 0. The van der Waals surface area contributed by atoms with Crippen molar-refractivity contribution in [3.05, 3.63) is 36.4 Å². The van der Waals surface area contributed by atoms with E-state index >= 15 is 0 Å². The van der Waals surface area contributed by atoms with Crippen molar-refractivity contribution >= 4 is 66.4 Å². The van der Waals surface area contributed by atoms with E-state index in [0.717, 1.165) is 39.3 Å². The molecule has 6 N–H and O–H groups in total. The van der Waals surface area contributed by atoms with Crippen LogP contribution in [0.25, 0.3) is 32.3 Å². The minimum Gasteiger partial charge on any atom is -0.382 e. The molecule has 0 amide bonds. The van der Waals surface area contributed by atoms with Crippen LogP contribution in [0, 0.1) is 0 Å². The summed E-state index contributed by atoms with van der Waals surface area (Å²) in [5.41, 5.74) is 7.14. The Morgan fingerprint density at radius 1 is 0.300 bits per heavy atom. The molecule has 0 fully saturated rings. The summed E-state index contributed by atoms with van der Waals surface area (Å²) in [5, 5.41) is 29.2. The Balaban J connectivity index is 1.66. The van der Waals surface area contributed by atoms with Crippen LogP contribution >= 0.6 is 0 Å². The fourth-order valence-electron chi connectivity index (χ4n) is 5.20. The maximum Gasteiger partial charge on any atom is 0.0583 e. The summed E-state index contributed by atoms with van der Waals surface area (Å²) in [7, 11) is 0. The van der Waals surface area contributed by atoms with E-state index in [1.165, 1.54) is 66.4 Å². The van der Waals surface area contributed by atoms with Gasteiger partial charge in [0, 0.05) is 39.3 Å². The third-order valence-corrected chi connectivity index (χ3v) is 6.61. The molecule has 6 heteroatoms. The molecule has 3 aliphatic rings. The van der Waals surface area contributed by atoms with Gasteiger partial charge in [0.15, 0.2) is 0 Å². The number of hydrogen-bond acceptors (Lipinski definition) is 6. The van der Waals surface area contributed by atoms with Crippen LogP contribution in [0.1, 0.15) is 0 Å². The van der Waals surface area contributed by atoms with Gasteiger partial charge in [-0.2, -0.15) is 0 Å². The predicted molar refractivity (Wildman–Crippen MR) is 130 cm³/mol. The van der Waals surface area contributed by atoms with Crippen molar-refractivity contribution in [2.75, 3.05) is 71.2 Å². The molecular weight excluding hydrogens is 372 g/mol. The van der Waals surface area contributed by atoms with Crippen LogP contribution in [0.2, 0.25) is 0 Å². The van der Waals surface area contributed by atoms with Gasteiger partial charge in [0.2, 0.25) is 0 Å². The summed E-state index contributed by atoms with van der Waals surface area (Å²) in [4.78, 5) is 0. The molecule has 0 unspecified atom stereocenters. The van der Waals surface area contributed by atoms with E-state index in [4.69, 9.17) is 0 Å². The third-order valence-electron chi connectivity index (χ3n) is 6.61. The highest BCUT2D eigenvalue weighted by atomic mass is 15.0. The quantitative estimate of drug-likeness (QED) is 0.243. The van der Waals surface area contributed by atoms with Crippen molar-refractivity contribution in [1.29, 1.82) is 0 Å². The van der Waals surface area contributed by atoms with Crippen molar-refractivity contribution in [2.24, 2.45) is 0 Å². The van der Waals surface area contributed by atoms with Gasteiger partial charge in [0.05, 0.1) is 34.1 Å². The first-order valence-electron chi connectivity index (χ1n) is 10.8. The Hall–Kier alpha value is -3.54. The molecule has 6 nitrogen and oxygen atoms in total. The van der Waals surface area contributed by atoms with E-state index < -0.39 is 0 Å². The zero-order chi connectivity index (χ0) is 19.7. The van der Waals surface area contributed by atoms with Crippen LogP contribution in [-0.2, 0) is 0 Å². The van der Waals surface area contributed by atoms with Gasteiger partial charge in [0.25, 0.3) is 0 Å². The summed E-state index contributed by atoms with van der Waals surface area (Å²) < 4.78 is 0. The van der Waals surface area contributed by atoms with E-state index in [2.05, 4.69) is 68.3 Å². The first-order chi connectivity index (χ1) is 14.8. The molecule has 4 aromatic carbocycles. The van der Waals surface area contributed by atoms with Crippen LogP contribution in [0.15, 0.2) is 36.4 Å². The maximum absolute atomic E-state index is 3.57. The number of fused-ring (bicyclic) bond motifs is 9. The van der Waals surface area contributed by atoms with Crippen molar-refractivity contribution < 1.29 is 0 Å². The zero-order valence-electron chi connectivity index (χ0n) is 16.7. The summed E-state index contributed by atoms with van der Waals surface area (Å²) in [6, 6.07) is 14.0. The predicted octanol–water partition coefficient (Wildman–Crippen LogP) is 4.66.